The van der Waals surface area contributed by atoms with Crippen LogP contribution in [0.2, 0.25) is 0 Å². The third kappa shape index (κ3) is 2.66. The molecule has 1 aliphatic heterocycles. The van der Waals surface area contributed by atoms with E-state index in [1.165, 1.54) is 33.4 Å². The molecule has 0 fully saturated rings. The number of sulfonamides is 1. The van der Waals surface area contributed by atoms with Crippen LogP contribution in [0.4, 0.5) is 5.69 Å². The molecule has 1 aromatic heterocycles. The van der Waals surface area contributed by atoms with Crippen molar-refractivity contribution in [3.8, 4) is 0 Å². The average molecular weight is 352 g/mol. The number of thiophene rings is 1. The largest absolute Gasteiger partial charge is 0.289 e. The van der Waals surface area contributed by atoms with Gasteiger partial charge >= 0.3 is 0 Å². The quantitative estimate of drug-likeness (QED) is 0.624. The van der Waals surface area contributed by atoms with E-state index in [9.17, 15) is 18.5 Å². The van der Waals surface area contributed by atoms with Crippen molar-refractivity contribution in [2.24, 2.45) is 0 Å². The maximum Gasteiger partial charge on any atom is 0.289 e. The summed E-state index contributed by atoms with van der Waals surface area (Å²) < 4.78 is 27.5. The average Bonchev–Trinajstić information content (AvgIpc) is 3.02. The Morgan fingerprint density at radius 3 is 2.78 bits per heavy atom. The predicted molar refractivity (Wildman–Crippen MR) is 88.0 cm³/mol. The fraction of sp³-hybridized carbons (Fsp3) is 0.333. The lowest BCUT2D eigenvalue weighted by molar-refractivity contribution is -0.387. The number of nitrogens with zero attached hydrogens (tertiary/aromatic N) is 2. The number of hydrogen-bond donors (Lipinski definition) is 0. The molecule has 0 bridgehead atoms. The zero-order chi connectivity index (χ0) is 16.6. The van der Waals surface area contributed by atoms with Crippen molar-refractivity contribution >= 4 is 27.0 Å². The van der Waals surface area contributed by atoms with Gasteiger partial charge in [0.15, 0.2) is 4.90 Å². The minimum atomic E-state index is -3.92. The van der Waals surface area contributed by atoms with Gasteiger partial charge < -0.3 is 0 Å². The fourth-order valence-corrected chi connectivity index (χ4v) is 5.80. The first-order valence-corrected chi connectivity index (χ1v) is 9.60. The van der Waals surface area contributed by atoms with Crippen molar-refractivity contribution in [3.63, 3.8) is 0 Å². The first kappa shape index (κ1) is 16.1. The molecule has 2 aromatic rings. The van der Waals surface area contributed by atoms with E-state index in [0.717, 1.165) is 5.56 Å². The SMILES string of the molecule is CCC1c2ccsc2CCN1S(=O)(=O)c1ccccc1[N+](=O)[O-]. The zero-order valence-corrected chi connectivity index (χ0v) is 14.1. The van der Waals surface area contributed by atoms with E-state index in [0.29, 0.717) is 19.4 Å². The molecule has 0 aliphatic carbocycles. The van der Waals surface area contributed by atoms with Crippen LogP contribution in [0, 0.1) is 10.1 Å². The number of hydrogen-bond acceptors (Lipinski definition) is 5. The maximum absolute atomic E-state index is 13.0. The Kier molecular flexibility index (Phi) is 4.22. The molecule has 1 aliphatic rings. The molecular weight excluding hydrogens is 336 g/mol. The Morgan fingerprint density at radius 2 is 2.09 bits per heavy atom. The fourth-order valence-electron chi connectivity index (χ4n) is 3.04. The Morgan fingerprint density at radius 1 is 1.35 bits per heavy atom. The molecule has 3 rings (SSSR count). The number of nitro groups is 1. The minimum absolute atomic E-state index is 0.234. The van der Waals surface area contributed by atoms with E-state index in [2.05, 4.69) is 0 Å². The van der Waals surface area contributed by atoms with Crippen molar-refractivity contribution in [1.29, 1.82) is 0 Å². The Labute approximate surface area is 138 Å². The van der Waals surface area contributed by atoms with Gasteiger partial charge in [-0.15, -0.1) is 11.3 Å². The molecular formula is C15H16N2O4S2. The van der Waals surface area contributed by atoms with Crippen LogP contribution >= 0.6 is 11.3 Å². The highest BCUT2D eigenvalue weighted by atomic mass is 32.2. The Hall–Kier alpha value is -1.77. The monoisotopic (exact) mass is 352 g/mol. The second-order valence-corrected chi connectivity index (χ2v) is 8.17. The number of para-hydroxylation sites is 1. The molecule has 0 radical (unpaired) electrons. The summed E-state index contributed by atoms with van der Waals surface area (Å²) in [7, 11) is -3.92. The molecule has 1 unspecified atom stereocenters. The molecule has 1 aromatic carbocycles. The number of nitro benzene ring substituents is 1. The third-order valence-electron chi connectivity index (χ3n) is 4.08. The number of fused-ring (bicyclic) bond motifs is 1. The molecule has 0 spiro atoms. The van der Waals surface area contributed by atoms with Crippen molar-refractivity contribution in [2.45, 2.75) is 30.7 Å². The van der Waals surface area contributed by atoms with Crippen LogP contribution in [0.3, 0.4) is 0 Å². The summed E-state index contributed by atoms with van der Waals surface area (Å²) in [4.78, 5) is 11.5. The second-order valence-electron chi connectivity index (χ2n) is 5.31. The van der Waals surface area contributed by atoms with Crippen molar-refractivity contribution < 1.29 is 13.3 Å². The molecule has 2 heterocycles. The van der Waals surface area contributed by atoms with Gasteiger partial charge in [-0.05, 0) is 35.9 Å². The van der Waals surface area contributed by atoms with Crippen LogP contribution in [0.1, 0.15) is 29.8 Å². The standard InChI is InChI=1S/C15H16N2O4S2/c1-2-12-11-8-10-22-14(11)7-9-16(12)23(20,21)15-6-4-3-5-13(15)17(18)19/h3-6,8,10,12H,2,7,9H2,1H3. The molecule has 0 N–H and O–H groups in total. The lowest BCUT2D eigenvalue weighted by Crippen LogP contribution is -2.39. The Bertz CT molecular complexity index is 845. The van der Waals surface area contributed by atoms with Gasteiger partial charge in [0.1, 0.15) is 0 Å². The summed E-state index contributed by atoms with van der Waals surface area (Å²) >= 11 is 1.63. The third-order valence-corrected chi connectivity index (χ3v) is 7.03. The summed E-state index contributed by atoms with van der Waals surface area (Å²) in [6.07, 6.45) is 1.27. The number of benzene rings is 1. The predicted octanol–water partition coefficient (Wildman–Crippen LogP) is 3.35. The van der Waals surface area contributed by atoms with Crippen LogP contribution in [0.15, 0.2) is 40.6 Å². The van der Waals surface area contributed by atoms with E-state index in [-0.39, 0.29) is 16.6 Å². The van der Waals surface area contributed by atoms with Gasteiger partial charge in [0.05, 0.1) is 11.0 Å². The topological polar surface area (TPSA) is 80.5 Å². The normalized spacial score (nSPS) is 18.6. The highest BCUT2D eigenvalue weighted by Gasteiger charge is 2.38. The first-order valence-electron chi connectivity index (χ1n) is 7.28. The van der Waals surface area contributed by atoms with Gasteiger partial charge in [0, 0.05) is 17.5 Å². The molecule has 8 heteroatoms. The maximum atomic E-state index is 13.0. The molecule has 1 atom stereocenters. The van der Waals surface area contributed by atoms with Crippen LogP contribution < -0.4 is 0 Å². The van der Waals surface area contributed by atoms with Crippen LogP contribution in [-0.2, 0) is 16.4 Å². The van der Waals surface area contributed by atoms with E-state index < -0.39 is 14.9 Å². The zero-order valence-electron chi connectivity index (χ0n) is 12.5. The van der Waals surface area contributed by atoms with Crippen LogP contribution in [-0.4, -0.2) is 24.2 Å². The minimum Gasteiger partial charge on any atom is -0.258 e. The summed E-state index contributed by atoms with van der Waals surface area (Å²) in [5, 5.41) is 13.2. The van der Waals surface area contributed by atoms with E-state index in [1.54, 1.807) is 11.3 Å². The highest BCUT2D eigenvalue weighted by Crippen LogP contribution is 2.39. The smallest absolute Gasteiger partial charge is 0.258 e. The van der Waals surface area contributed by atoms with E-state index in [4.69, 9.17) is 0 Å². The Balaban J connectivity index is 2.09. The van der Waals surface area contributed by atoms with Crippen molar-refractivity contribution in [1.82, 2.24) is 4.31 Å². The molecule has 6 nitrogen and oxygen atoms in total. The van der Waals surface area contributed by atoms with Gasteiger partial charge in [0.2, 0.25) is 10.0 Å². The van der Waals surface area contributed by atoms with E-state index in [1.807, 2.05) is 18.4 Å². The summed E-state index contributed by atoms with van der Waals surface area (Å²) in [6, 6.07) is 7.21. The van der Waals surface area contributed by atoms with Gasteiger partial charge in [-0.2, -0.15) is 4.31 Å². The van der Waals surface area contributed by atoms with Gasteiger partial charge in [-0.3, -0.25) is 10.1 Å². The highest BCUT2D eigenvalue weighted by molar-refractivity contribution is 7.89. The molecule has 0 amide bonds. The van der Waals surface area contributed by atoms with Crippen molar-refractivity contribution in [2.75, 3.05) is 6.54 Å². The summed E-state index contributed by atoms with van der Waals surface area (Å²) in [5.41, 5.74) is 0.643. The summed E-state index contributed by atoms with van der Waals surface area (Å²) in [6.45, 7) is 2.28. The molecule has 23 heavy (non-hydrogen) atoms. The van der Waals surface area contributed by atoms with Crippen LogP contribution in [0.25, 0.3) is 0 Å². The molecule has 0 saturated carbocycles. The molecule has 0 saturated heterocycles. The second kappa shape index (κ2) is 6.03. The summed E-state index contributed by atoms with van der Waals surface area (Å²) in [5.74, 6) is 0. The van der Waals surface area contributed by atoms with Gasteiger partial charge in [-0.25, -0.2) is 8.42 Å². The molecule has 122 valence electrons. The lowest BCUT2D eigenvalue weighted by Gasteiger charge is -2.34. The van der Waals surface area contributed by atoms with Crippen molar-refractivity contribution in [3.05, 3.63) is 56.3 Å². The number of rotatable bonds is 4. The lowest BCUT2D eigenvalue weighted by atomic mass is 10.0. The van der Waals surface area contributed by atoms with Crippen LogP contribution in [0.5, 0.6) is 0 Å². The van der Waals surface area contributed by atoms with Gasteiger partial charge in [0.25, 0.3) is 5.69 Å². The van der Waals surface area contributed by atoms with E-state index >= 15 is 0 Å². The first-order chi connectivity index (χ1) is 11.0. The van der Waals surface area contributed by atoms with Gasteiger partial charge in [-0.1, -0.05) is 19.1 Å².